The molecule has 0 aliphatic carbocycles. The van der Waals surface area contributed by atoms with Crippen molar-refractivity contribution in [3.8, 4) is 11.5 Å². The standard InChI is InChI=1S/2C27H35N3O2/c1-20-26(2,3)23-6-4-5-22(24(23)32-20)19-29-15-9-27(10-16-29)11-17-30(18-12-27)25(31)21-7-13-28-14-8-21;1-20-23-6-4-5-22(24(23)32-26(20,2)3)19-29-15-9-27(10-16-29)11-17-30(18-12-27)25(31)21-7-13-28-14-8-21/h2*4-8,13-14,20H,9-12,15-19H2,1-3H3. The van der Waals surface area contributed by atoms with Gasteiger partial charge in [0.05, 0.1) is 0 Å². The van der Waals surface area contributed by atoms with Crippen molar-refractivity contribution in [1.82, 2.24) is 29.6 Å². The third-order valence-corrected chi connectivity index (χ3v) is 16.8. The molecule has 2 atom stereocenters. The minimum Gasteiger partial charge on any atom is -0.489 e. The highest BCUT2D eigenvalue weighted by atomic mass is 16.5. The molecular weight excluding hydrogens is 797 g/mol. The zero-order valence-electron chi connectivity index (χ0n) is 39.3. The lowest BCUT2D eigenvalue weighted by molar-refractivity contribution is 0.0278. The van der Waals surface area contributed by atoms with Crippen molar-refractivity contribution in [2.24, 2.45) is 10.8 Å². The summed E-state index contributed by atoms with van der Waals surface area (Å²) in [6, 6.07) is 20.6. The summed E-state index contributed by atoms with van der Waals surface area (Å²) in [6.07, 6.45) is 16.4. The number of aromatic nitrogens is 2. The molecule has 0 radical (unpaired) electrons. The Labute approximate surface area is 381 Å². The Balaban J connectivity index is 0.000000162. The molecule has 340 valence electrons. The molecule has 10 nitrogen and oxygen atoms in total. The molecule has 64 heavy (non-hydrogen) atoms. The van der Waals surface area contributed by atoms with E-state index in [2.05, 4.69) is 97.7 Å². The van der Waals surface area contributed by atoms with Crippen LogP contribution in [0.15, 0.2) is 85.5 Å². The number of rotatable bonds is 6. The summed E-state index contributed by atoms with van der Waals surface area (Å²) in [7, 11) is 0. The summed E-state index contributed by atoms with van der Waals surface area (Å²) in [5, 5.41) is 0. The normalized spacial score (nSPS) is 24.2. The number of fused-ring (bicyclic) bond motifs is 2. The summed E-state index contributed by atoms with van der Waals surface area (Å²) in [5.41, 5.74) is 7.60. The van der Waals surface area contributed by atoms with Gasteiger partial charge in [-0.3, -0.25) is 29.4 Å². The highest BCUT2D eigenvalue weighted by Gasteiger charge is 2.43. The van der Waals surface area contributed by atoms with E-state index in [1.165, 1.54) is 47.9 Å². The van der Waals surface area contributed by atoms with E-state index in [9.17, 15) is 9.59 Å². The van der Waals surface area contributed by atoms with Gasteiger partial charge in [0, 0.05) is 109 Å². The number of amides is 2. The van der Waals surface area contributed by atoms with Crippen molar-refractivity contribution in [3.63, 3.8) is 0 Å². The summed E-state index contributed by atoms with van der Waals surface area (Å²) < 4.78 is 12.7. The van der Waals surface area contributed by atoms with Gasteiger partial charge in [0.25, 0.3) is 11.8 Å². The largest absolute Gasteiger partial charge is 0.489 e. The van der Waals surface area contributed by atoms with Gasteiger partial charge in [0.2, 0.25) is 0 Å². The van der Waals surface area contributed by atoms with Crippen LogP contribution in [-0.4, -0.2) is 105 Å². The Morgan fingerprint density at radius 1 is 0.578 bits per heavy atom. The van der Waals surface area contributed by atoms with Crippen molar-refractivity contribution in [1.29, 1.82) is 0 Å². The highest BCUT2D eigenvalue weighted by Crippen LogP contribution is 2.48. The van der Waals surface area contributed by atoms with Crippen LogP contribution in [0.25, 0.3) is 0 Å². The number of nitrogens with zero attached hydrogens (tertiary/aromatic N) is 6. The molecule has 0 N–H and O–H groups in total. The lowest BCUT2D eigenvalue weighted by Gasteiger charge is -2.47. The van der Waals surface area contributed by atoms with Gasteiger partial charge in [-0.2, -0.15) is 0 Å². The Kier molecular flexibility index (Phi) is 12.4. The summed E-state index contributed by atoms with van der Waals surface area (Å²) in [4.78, 5) is 42.8. The first-order valence-corrected chi connectivity index (χ1v) is 24.2. The molecule has 8 heterocycles. The Morgan fingerprint density at radius 2 is 1.00 bits per heavy atom. The van der Waals surface area contributed by atoms with E-state index >= 15 is 0 Å². The average Bonchev–Trinajstić information content (AvgIpc) is 3.71. The number of piperidine rings is 4. The van der Waals surface area contributed by atoms with E-state index < -0.39 is 0 Å². The fourth-order valence-electron chi connectivity index (χ4n) is 11.4. The maximum Gasteiger partial charge on any atom is 0.253 e. The molecule has 2 aromatic carbocycles. The average molecular weight is 867 g/mol. The molecule has 2 spiro atoms. The maximum absolute atomic E-state index is 12.8. The van der Waals surface area contributed by atoms with Crippen LogP contribution < -0.4 is 9.47 Å². The number of para-hydroxylation sites is 2. The van der Waals surface area contributed by atoms with Gasteiger partial charge in [0.15, 0.2) is 0 Å². The number of carbonyl (C=O) groups excluding carboxylic acids is 2. The lowest BCUT2D eigenvalue weighted by Crippen LogP contribution is -2.48. The van der Waals surface area contributed by atoms with E-state index in [-0.39, 0.29) is 28.9 Å². The number of hydrogen-bond acceptors (Lipinski definition) is 8. The van der Waals surface area contributed by atoms with Gasteiger partial charge in [-0.15, -0.1) is 0 Å². The molecule has 4 aromatic rings. The first-order chi connectivity index (χ1) is 30.7. The van der Waals surface area contributed by atoms with Crippen LogP contribution in [-0.2, 0) is 18.5 Å². The van der Waals surface area contributed by atoms with Crippen LogP contribution in [0.4, 0.5) is 0 Å². The summed E-state index contributed by atoms with van der Waals surface area (Å²) >= 11 is 0. The number of carbonyl (C=O) groups is 2. The third kappa shape index (κ3) is 8.93. The molecule has 2 unspecified atom stereocenters. The number of likely N-dealkylation sites (tertiary alicyclic amines) is 4. The maximum atomic E-state index is 12.8. The quantitative estimate of drug-likeness (QED) is 0.189. The van der Waals surface area contributed by atoms with E-state index in [0.29, 0.717) is 16.7 Å². The number of hydrogen-bond donors (Lipinski definition) is 0. The number of pyridine rings is 2. The Hall–Kier alpha value is -4.80. The van der Waals surface area contributed by atoms with Gasteiger partial charge in [0.1, 0.15) is 23.2 Å². The fraction of sp³-hybridized carbons (Fsp3) is 0.556. The van der Waals surface area contributed by atoms with E-state index in [4.69, 9.17) is 9.47 Å². The van der Waals surface area contributed by atoms with Crippen LogP contribution in [0.5, 0.6) is 11.5 Å². The molecule has 10 heteroatoms. The molecule has 4 fully saturated rings. The SMILES string of the molecule is CC1Oc2c(CN3CCC4(CC3)CCN(C(=O)c3ccncc3)CC4)cccc2C1(C)C.CC1c2cccc(CN3CCC4(CC3)CCN(C(=O)c3ccncc3)CC4)c2OC1(C)C. The summed E-state index contributed by atoms with van der Waals surface area (Å²) in [5.74, 6) is 2.95. The molecule has 0 saturated carbocycles. The Morgan fingerprint density at radius 3 is 1.47 bits per heavy atom. The van der Waals surface area contributed by atoms with Crippen molar-refractivity contribution < 1.29 is 19.1 Å². The second kappa shape index (κ2) is 17.9. The molecule has 2 amide bonds. The van der Waals surface area contributed by atoms with Crippen molar-refractivity contribution in [2.75, 3.05) is 52.4 Å². The molecule has 0 bridgehead atoms. The van der Waals surface area contributed by atoms with E-state index in [0.717, 1.165) is 114 Å². The summed E-state index contributed by atoms with van der Waals surface area (Å²) in [6.45, 7) is 23.3. The van der Waals surface area contributed by atoms with Gasteiger partial charge >= 0.3 is 0 Å². The van der Waals surface area contributed by atoms with Gasteiger partial charge in [-0.1, -0.05) is 57.2 Å². The predicted molar refractivity (Wildman–Crippen MR) is 252 cm³/mol. The minimum atomic E-state index is -0.133. The van der Waals surface area contributed by atoms with Crippen LogP contribution in [0.3, 0.4) is 0 Å². The fourth-order valence-corrected chi connectivity index (χ4v) is 11.4. The zero-order valence-corrected chi connectivity index (χ0v) is 39.3. The topological polar surface area (TPSA) is 91.3 Å². The minimum absolute atomic E-state index is 0.0684. The lowest BCUT2D eigenvalue weighted by atomic mass is 9.71. The van der Waals surface area contributed by atoms with E-state index in [1.54, 1.807) is 24.8 Å². The first kappa shape index (κ1) is 44.4. The second-order valence-electron chi connectivity index (χ2n) is 21.1. The number of benzene rings is 2. The third-order valence-electron chi connectivity index (χ3n) is 16.8. The molecule has 6 aliphatic heterocycles. The van der Waals surface area contributed by atoms with Crippen LogP contribution in [0.1, 0.15) is 142 Å². The molecule has 6 aliphatic rings. The van der Waals surface area contributed by atoms with Crippen molar-refractivity contribution in [2.45, 2.75) is 129 Å². The highest BCUT2D eigenvalue weighted by molar-refractivity contribution is 5.94. The van der Waals surface area contributed by atoms with Crippen LogP contribution in [0.2, 0.25) is 0 Å². The smallest absolute Gasteiger partial charge is 0.253 e. The van der Waals surface area contributed by atoms with Gasteiger partial charge in [-0.25, -0.2) is 0 Å². The molecular formula is C54H70N6O4. The van der Waals surface area contributed by atoms with Crippen LogP contribution in [0, 0.1) is 10.8 Å². The zero-order chi connectivity index (χ0) is 44.7. The van der Waals surface area contributed by atoms with Crippen molar-refractivity contribution >= 4 is 11.8 Å². The van der Waals surface area contributed by atoms with Gasteiger partial charge < -0.3 is 19.3 Å². The first-order valence-electron chi connectivity index (χ1n) is 24.2. The molecule has 4 saturated heterocycles. The van der Waals surface area contributed by atoms with E-state index in [1.807, 2.05) is 34.1 Å². The molecule has 2 aromatic heterocycles. The molecule has 10 rings (SSSR count). The Bertz CT molecular complexity index is 2260. The van der Waals surface area contributed by atoms with Gasteiger partial charge in [-0.05, 0) is 133 Å². The van der Waals surface area contributed by atoms with Crippen molar-refractivity contribution in [3.05, 3.63) is 119 Å². The predicted octanol–water partition coefficient (Wildman–Crippen LogP) is 9.53. The second-order valence-corrected chi connectivity index (χ2v) is 21.1. The number of ether oxygens (including phenoxy) is 2. The monoisotopic (exact) mass is 867 g/mol. The van der Waals surface area contributed by atoms with Crippen LogP contribution >= 0.6 is 0 Å².